The average Bonchev–Trinajstić information content (AvgIpc) is 2.89. The molecule has 1 heterocycles. The van der Waals surface area contributed by atoms with E-state index in [1.165, 1.54) is 49.1 Å². The highest BCUT2D eigenvalue weighted by molar-refractivity contribution is 5.36. The van der Waals surface area contributed by atoms with E-state index in [2.05, 4.69) is 12.1 Å². The fourth-order valence-electron chi connectivity index (χ4n) is 4.09. The van der Waals surface area contributed by atoms with E-state index in [4.69, 9.17) is 15.6 Å². The van der Waals surface area contributed by atoms with E-state index < -0.39 is 0 Å². The second-order valence-electron chi connectivity index (χ2n) is 6.35. The summed E-state index contributed by atoms with van der Waals surface area (Å²) in [5.74, 6) is 0.884. The Labute approximate surface area is 126 Å². The van der Waals surface area contributed by atoms with Gasteiger partial charge in [0.2, 0.25) is 0 Å². The Morgan fingerprint density at radius 1 is 1.05 bits per heavy atom. The monoisotopic (exact) mass is 282 g/mol. The van der Waals surface area contributed by atoms with Gasteiger partial charge in [0, 0.05) is 29.5 Å². The van der Waals surface area contributed by atoms with Crippen LogP contribution < -0.4 is 0 Å². The summed E-state index contributed by atoms with van der Waals surface area (Å²) in [7, 11) is 0. The third-order valence-corrected chi connectivity index (χ3v) is 5.05. The maximum Gasteiger partial charge on any atom is 0.128 e. The Bertz CT molecular complexity index is 581. The van der Waals surface area contributed by atoms with Gasteiger partial charge in [-0.15, -0.1) is 0 Å². The van der Waals surface area contributed by atoms with Gasteiger partial charge in [0.15, 0.2) is 0 Å². The van der Waals surface area contributed by atoms with Crippen molar-refractivity contribution < 1.29 is 0 Å². The predicted octanol–water partition coefficient (Wildman–Crippen LogP) is 3.79. The van der Waals surface area contributed by atoms with Crippen molar-refractivity contribution in [3.63, 3.8) is 0 Å². The first kappa shape index (κ1) is 14.1. The minimum Gasteiger partial charge on any atom is -0.255 e. The topological polar surface area (TPSA) is 65.4 Å². The third kappa shape index (κ3) is 2.68. The molecule has 3 rings (SSSR count). The molecule has 1 fully saturated rings. The molecule has 1 aromatic heterocycles. The highest BCUT2D eigenvalue weighted by atomic mass is 15.3. The van der Waals surface area contributed by atoms with Gasteiger partial charge in [-0.05, 0) is 32.1 Å². The first-order valence-corrected chi connectivity index (χ1v) is 8.18. The van der Waals surface area contributed by atoms with Crippen LogP contribution in [0.5, 0.6) is 0 Å². The highest BCUT2D eigenvalue weighted by Gasteiger charge is 2.32. The van der Waals surface area contributed by atoms with Gasteiger partial charge in [-0.1, -0.05) is 19.3 Å². The van der Waals surface area contributed by atoms with Gasteiger partial charge in [-0.3, -0.25) is 4.68 Å². The van der Waals surface area contributed by atoms with Crippen molar-refractivity contribution in [3.8, 4) is 12.1 Å². The minimum atomic E-state index is 0.336. The van der Waals surface area contributed by atoms with Crippen molar-refractivity contribution in [1.29, 1.82) is 10.5 Å². The molecule has 0 aromatic carbocycles. The number of hydrogen-bond acceptors (Lipinski definition) is 3. The summed E-state index contributed by atoms with van der Waals surface area (Å²) in [6, 6.07) is 4.58. The van der Waals surface area contributed by atoms with Gasteiger partial charge in [0.1, 0.15) is 6.54 Å². The van der Waals surface area contributed by atoms with Crippen LogP contribution in [-0.4, -0.2) is 9.78 Å². The lowest BCUT2D eigenvalue weighted by atomic mass is 9.78. The normalized spacial score (nSPS) is 22.3. The number of fused-ring (bicyclic) bond motifs is 1. The molecule has 1 saturated carbocycles. The molecule has 110 valence electrons. The number of nitrogens with zero attached hydrogens (tertiary/aromatic N) is 4. The summed E-state index contributed by atoms with van der Waals surface area (Å²) in [5, 5.41) is 23.0. The zero-order chi connectivity index (χ0) is 14.7. The zero-order valence-electron chi connectivity index (χ0n) is 12.5. The summed E-state index contributed by atoms with van der Waals surface area (Å²) in [6.07, 6.45) is 10.1. The quantitative estimate of drug-likeness (QED) is 0.847. The van der Waals surface area contributed by atoms with Crippen LogP contribution >= 0.6 is 0 Å². The Balaban J connectivity index is 2.02. The van der Waals surface area contributed by atoms with Crippen molar-refractivity contribution in [2.75, 3.05) is 0 Å². The van der Waals surface area contributed by atoms with Crippen LogP contribution in [0, 0.1) is 22.7 Å². The van der Waals surface area contributed by atoms with Gasteiger partial charge in [-0.2, -0.15) is 15.6 Å². The molecule has 0 saturated heterocycles. The van der Waals surface area contributed by atoms with Crippen molar-refractivity contribution in [2.45, 2.75) is 76.2 Å². The van der Waals surface area contributed by atoms with Crippen molar-refractivity contribution in [2.24, 2.45) is 0 Å². The SMILES string of the molecule is N#CCC1CCCc2c1c(C1CCCCC1)nn2CC#N. The van der Waals surface area contributed by atoms with Crippen molar-refractivity contribution in [3.05, 3.63) is 17.0 Å². The van der Waals surface area contributed by atoms with E-state index in [1.54, 1.807) is 0 Å². The first-order chi connectivity index (χ1) is 10.3. The number of nitriles is 2. The van der Waals surface area contributed by atoms with E-state index in [1.807, 2.05) is 4.68 Å². The van der Waals surface area contributed by atoms with Crippen LogP contribution in [0.3, 0.4) is 0 Å². The zero-order valence-corrected chi connectivity index (χ0v) is 12.5. The summed E-state index contributed by atoms with van der Waals surface area (Å²) in [6.45, 7) is 0.342. The average molecular weight is 282 g/mol. The molecule has 1 aromatic rings. The lowest BCUT2D eigenvalue weighted by Gasteiger charge is -2.26. The number of hydrogen-bond donors (Lipinski definition) is 0. The Hall–Kier alpha value is -1.81. The van der Waals surface area contributed by atoms with Crippen LogP contribution in [0.1, 0.15) is 80.2 Å². The molecule has 0 amide bonds. The summed E-state index contributed by atoms with van der Waals surface area (Å²) in [5.41, 5.74) is 3.80. The Morgan fingerprint density at radius 2 is 1.86 bits per heavy atom. The fourth-order valence-corrected chi connectivity index (χ4v) is 4.09. The molecule has 4 nitrogen and oxygen atoms in total. The van der Waals surface area contributed by atoms with Gasteiger partial charge < -0.3 is 0 Å². The summed E-state index contributed by atoms with van der Waals surface area (Å²) in [4.78, 5) is 0. The number of aromatic nitrogens is 2. The molecule has 0 spiro atoms. The molecule has 0 N–H and O–H groups in total. The van der Waals surface area contributed by atoms with Gasteiger partial charge in [0.05, 0.1) is 17.8 Å². The fraction of sp³-hybridized carbons (Fsp3) is 0.706. The van der Waals surface area contributed by atoms with Crippen LogP contribution in [0.2, 0.25) is 0 Å². The van der Waals surface area contributed by atoms with Gasteiger partial charge >= 0.3 is 0 Å². The smallest absolute Gasteiger partial charge is 0.128 e. The van der Waals surface area contributed by atoms with Crippen molar-refractivity contribution >= 4 is 0 Å². The number of rotatable bonds is 3. The molecule has 0 aliphatic heterocycles. The van der Waals surface area contributed by atoms with Crippen LogP contribution in [0.15, 0.2) is 0 Å². The van der Waals surface area contributed by atoms with Crippen LogP contribution in [-0.2, 0) is 13.0 Å². The van der Waals surface area contributed by atoms with E-state index in [0.29, 0.717) is 24.8 Å². The maximum atomic E-state index is 9.13. The van der Waals surface area contributed by atoms with E-state index in [-0.39, 0.29) is 0 Å². The summed E-state index contributed by atoms with van der Waals surface area (Å²) >= 11 is 0. The molecular formula is C17H22N4. The predicted molar refractivity (Wildman–Crippen MR) is 79.6 cm³/mol. The molecule has 2 aliphatic carbocycles. The van der Waals surface area contributed by atoms with E-state index in [9.17, 15) is 0 Å². The van der Waals surface area contributed by atoms with Crippen LogP contribution in [0.25, 0.3) is 0 Å². The van der Waals surface area contributed by atoms with Gasteiger partial charge in [0.25, 0.3) is 0 Å². The summed E-state index contributed by atoms with van der Waals surface area (Å²) < 4.78 is 1.92. The lowest BCUT2D eigenvalue weighted by molar-refractivity contribution is 0.428. The standard InChI is InChI=1S/C17H22N4/c18-10-9-13-7-4-8-15-16(13)17(20-21(15)12-11-19)14-5-2-1-3-6-14/h13-14H,1-9,12H2. The molecule has 0 radical (unpaired) electrons. The maximum absolute atomic E-state index is 9.13. The molecule has 4 heteroatoms. The Kier molecular flexibility index (Phi) is 4.25. The second-order valence-corrected chi connectivity index (χ2v) is 6.35. The molecule has 1 unspecified atom stereocenters. The molecule has 1 atom stereocenters. The van der Waals surface area contributed by atoms with Crippen LogP contribution in [0.4, 0.5) is 0 Å². The molecular weight excluding hydrogens is 260 g/mol. The first-order valence-electron chi connectivity index (χ1n) is 8.18. The lowest BCUT2D eigenvalue weighted by Crippen LogP contribution is -2.14. The third-order valence-electron chi connectivity index (χ3n) is 5.05. The second kappa shape index (κ2) is 6.31. The van der Waals surface area contributed by atoms with E-state index >= 15 is 0 Å². The molecule has 21 heavy (non-hydrogen) atoms. The largest absolute Gasteiger partial charge is 0.255 e. The minimum absolute atomic E-state index is 0.336. The van der Waals surface area contributed by atoms with Gasteiger partial charge in [-0.25, -0.2) is 0 Å². The highest BCUT2D eigenvalue weighted by Crippen LogP contribution is 2.42. The van der Waals surface area contributed by atoms with E-state index in [0.717, 1.165) is 19.3 Å². The molecule has 2 aliphatic rings. The Morgan fingerprint density at radius 3 is 2.57 bits per heavy atom. The van der Waals surface area contributed by atoms with Crippen molar-refractivity contribution in [1.82, 2.24) is 9.78 Å². The molecule has 0 bridgehead atoms.